The van der Waals surface area contributed by atoms with Gasteiger partial charge in [-0.3, -0.25) is 14.9 Å². The number of aromatic amines is 1. The normalized spacial score (nSPS) is 10.6. The van der Waals surface area contributed by atoms with Gasteiger partial charge in [-0.1, -0.05) is 6.07 Å². The third-order valence-electron chi connectivity index (χ3n) is 3.03. The van der Waals surface area contributed by atoms with E-state index < -0.39 is 0 Å². The maximum absolute atomic E-state index is 12.4. The number of hydrogen-bond donors (Lipinski definition) is 1. The van der Waals surface area contributed by atoms with Gasteiger partial charge in [0, 0.05) is 24.2 Å². The first-order valence-electron chi connectivity index (χ1n) is 5.87. The minimum Gasteiger partial charge on any atom is -0.310 e. The van der Waals surface area contributed by atoms with Crippen molar-refractivity contribution in [2.45, 2.75) is 0 Å². The molecule has 0 unspecified atom stereocenters. The summed E-state index contributed by atoms with van der Waals surface area (Å²) in [5, 5.41) is 7.79. The van der Waals surface area contributed by atoms with E-state index in [0.29, 0.717) is 5.56 Å². The Morgan fingerprint density at radius 1 is 1.26 bits per heavy atom. The number of nitrogens with one attached hydrogen (secondary N) is 1. The standard InChI is InChI=1S/C14H12N4O/c1-18(12-3-2-6-15-9-12)14(19)10-4-5-11-8-16-17-13(11)7-10/h2-9H,1H3,(H,16,17). The quantitative estimate of drug-likeness (QED) is 0.760. The summed E-state index contributed by atoms with van der Waals surface area (Å²) in [7, 11) is 1.73. The van der Waals surface area contributed by atoms with Crippen LogP contribution in [0.4, 0.5) is 5.69 Å². The van der Waals surface area contributed by atoms with Crippen LogP contribution in [0.2, 0.25) is 0 Å². The lowest BCUT2D eigenvalue weighted by Crippen LogP contribution is -2.26. The lowest BCUT2D eigenvalue weighted by atomic mass is 10.1. The molecule has 0 bridgehead atoms. The van der Waals surface area contributed by atoms with Crippen LogP contribution in [0, 0.1) is 0 Å². The molecule has 0 aliphatic carbocycles. The highest BCUT2D eigenvalue weighted by Crippen LogP contribution is 2.17. The molecule has 1 N–H and O–H groups in total. The van der Waals surface area contributed by atoms with Crippen LogP contribution in [0.1, 0.15) is 10.4 Å². The first-order chi connectivity index (χ1) is 9.25. The topological polar surface area (TPSA) is 61.9 Å². The van der Waals surface area contributed by atoms with Crippen molar-refractivity contribution in [1.29, 1.82) is 0 Å². The average Bonchev–Trinajstić information content (AvgIpc) is 2.94. The van der Waals surface area contributed by atoms with Crippen molar-refractivity contribution in [1.82, 2.24) is 15.2 Å². The van der Waals surface area contributed by atoms with Crippen LogP contribution in [-0.4, -0.2) is 28.1 Å². The zero-order valence-electron chi connectivity index (χ0n) is 10.4. The second-order valence-electron chi connectivity index (χ2n) is 4.25. The van der Waals surface area contributed by atoms with Crippen LogP contribution in [0.3, 0.4) is 0 Å². The van der Waals surface area contributed by atoms with E-state index in [9.17, 15) is 4.79 Å². The van der Waals surface area contributed by atoms with E-state index in [0.717, 1.165) is 16.6 Å². The van der Waals surface area contributed by atoms with Crippen molar-refractivity contribution in [2.24, 2.45) is 0 Å². The lowest BCUT2D eigenvalue weighted by Gasteiger charge is -2.16. The minimum atomic E-state index is -0.0792. The monoisotopic (exact) mass is 252 g/mol. The third kappa shape index (κ3) is 2.06. The largest absolute Gasteiger partial charge is 0.310 e. The zero-order chi connectivity index (χ0) is 13.2. The summed E-state index contributed by atoms with van der Waals surface area (Å²) in [5.74, 6) is -0.0792. The molecule has 0 aliphatic rings. The van der Waals surface area contributed by atoms with Crippen molar-refractivity contribution < 1.29 is 4.79 Å². The Kier molecular flexibility index (Phi) is 2.72. The summed E-state index contributed by atoms with van der Waals surface area (Å²) in [6.45, 7) is 0. The number of hydrogen-bond acceptors (Lipinski definition) is 3. The van der Waals surface area contributed by atoms with E-state index in [2.05, 4.69) is 15.2 Å². The number of amides is 1. The van der Waals surface area contributed by atoms with Crippen molar-refractivity contribution in [3.63, 3.8) is 0 Å². The van der Waals surface area contributed by atoms with Crippen LogP contribution >= 0.6 is 0 Å². The van der Waals surface area contributed by atoms with Crippen LogP contribution in [0.5, 0.6) is 0 Å². The third-order valence-corrected chi connectivity index (χ3v) is 3.03. The molecule has 3 aromatic rings. The summed E-state index contributed by atoms with van der Waals surface area (Å²) in [5.41, 5.74) is 2.23. The van der Waals surface area contributed by atoms with Gasteiger partial charge in [-0.05, 0) is 24.3 Å². The van der Waals surface area contributed by atoms with Gasteiger partial charge in [-0.15, -0.1) is 0 Å². The Labute approximate surface area is 109 Å². The highest BCUT2D eigenvalue weighted by molar-refractivity contribution is 6.07. The molecule has 1 aromatic carbocycles. The Bertz CT molecular complexity index is 720. The summed E-state index contributed by atoms with van der Waals surface area (Å²) in [4.78, 5) is 18.0. The number of H-pyrrole nitrogens is 1. The highest BCUT2D eigenvalue weighted by Gasteiger charge is 2.14. The van der Waals surface area contributed by atoms with E-state index in [1.165, 1.54) is 0 Å². The molecule has 2 aromatic heterocycles. The number of rotatable bonds is 2. The SMILES string of the molecule is CN(C(=O)c1ccc2cn[nH]c2c1)c1cccnc1. The molecular weight excluding hydrogens is 240 g/mol. The van der Waals surface area contributed by atoms with Gasteiger partial charge in [0.15, 0.2) is 0 Å². The summed E-state index contributed by atoms with van der Waals surface area (Å²) in [6.07, 6.45) is 5.07. The Morgan fingerprint density at radius 3 is 2.95 bits per heavy atom. The van der Waals surface area contributed by atoms with E-state index in [1.807, 2.05) is 12.1 Å². The summed E-state index contributed by atoms with van der Waals surface area (Å²) >= 11 is 0. The van der Waals surface area contributed by atoms with Gasteiger partial charge in [0.1, 0.15) is 0 Å². The fourth-order valence-electron chi connectivity index (χ4n) is 1.93. The number of aromatic nitrogens is 3. The van der Waals surface area contributed by atoms with Crippen LogP contribution < -0.4 is 4.90 Å². The molecule has 0 saturated heterocycles. The van der Waals surface area contributed by atoms with Crippen molar-refractivity contribution in [2.75, 3.05) is 11.9 Å². The maximum Gasteiger partial charge on any atom is 0.258 e. The summed E-state index contributed by atoms with van der Waals surface area (Å²) < 4.78 is 0. The zero-order valence-corrected chi connectivity index (χ0v) is 10.4. The van der Waals surface area contributed by atoms with Gasteiger partial charge in [0.25, 0.3) is 5.91 Å². The Balaban J connectivity index is 1.95. The first kappa shape index (κ1) is 11.4. The van der Waals surface area contributed by atoms with Gasteiger partial charge in [0.05, 0.1) is 23.6 Å². The predicted octanol–water partition coefficient (Wildman–Crippen LogP) is 2.23. The summed E-state index contributed by atoms with van der Waals surface area (Å²) in [6, 6.07) is 9.13. The van der Waals surface area contributed by atoms with Crippen molar-refractivity contribution in [3.05, 3.63) is 54.5 Å². The Morgan fingerprint density at radius 2 is 2.16 bits per heavy atom. The van der Waals surface area contributed by atoms with Gasteiger partial charge >= 0.3 is 0 Å². The molecule has 2 heterocycles. The molecule has 94 valence electrons. The molecule has 3 rings (SSSR count). The number of benzene rings is 1. The number of fused-ring (bicyclic) bond motifs is 1. The number of anilines is 1. The average molecular weight is 252 g/mol. The van der Waals surface area contributed by atoms with Gasteiger partial charge in [0.2, 0.25) is 0 Å². The molecular formula is C14H12N4O. The smallest absolute Gasteiger partial charge is 0.258 e. The van der Waals surface area contributed by atoms with Crippen LogP contribution in [0.15, 0.2) is 48.9 Å². The van der Waals surface area contributed by atoms with E-state index >= 15 is 0 Å². The lowest BCUT2D eigenvalue weighted by molar-refractivity contribution is 0.0993. The van der Waals surface area contributed by atoms with Gasteiger partial charge < -0.3 is 4.90 Å². The maximum atomic E-state index is 12.4. The van der Waals surface area contributed by atoms with E-state index in [-0.39, 0.29) is 5.91 Å². The molecule has 0 fully saturated rings. The van der Waals surface area contributed by atoms with E-state index in [4.69, 9.17) is 0 Å². The van der Waals surface area contributed by atoms with Crippen molar-refractivity contribution in [3.8, 4) is 0 Å². The van der Waals surface area contributed by atoms with Crippen LogP contribution in [-0.2, 0) is 0 Å². The number of carbonyl (C=O) groups is 1. The molecule has 0 saturated carbocycles. The second-order valence-corrected chi connectivity index (χ2v) is 4.25. The van der Waals surface area contributed by atoms with E-state index in [1.54, 1.807) is 48.7 Å². The number of pyridine rings is 1. The molecule has 0 spiro atoms. The molecule has 19 heavy (non-hydrogen) atoms. The second kappa shape index (κ2) is 4.53. The highest BCUT2D eigenvalue weighted by atomic mass is 16.2. The molecule has 5 heteroatoms. The number of nitrogens with zero attached hydrogens (tertiary/aromatic N) is 3. The van der Waals surface area contributed by atoms with Gasteiger partial charge in [-0.25, -0.2) is 0 Å². The Hall–Kier alpha value is -2.69. The molecule has 0 atom stereocenters. The van der Waals surface area contributed by atoms with Gasteiger partial charge in [-0.2, -0.15) is 5.10 Å². The minimum absolute atomic E-state index is 0.0792. The molecule has 1 amide bonds. The fraction of sp³-hybridized carbons (Fsp3) is 0.0714. The predicted molar refractivity (Wildman–Crippen MR) is 73.1 cm³/mol. The molecule has 0 radical (unpaired) electrons. The molecule has 5 nitrogen and oxygen atoms in total. The number of carbonyl (C=O) groups excluding carboxylic acids is 1. The first-order valence-corrected chi connectivity index (χ1v) is 5.87. The molecule has 0 aliphatic heterocycles. The fourth-order valence-corrected chi connectivity index (χ4v) is 1.93. The van der Waals surface area contributed by atoms with Crippen molar-refractivity contribution >= 4 is 22.5 Å². The van der Waals surface area contributed by atoms with Crippen LogP contribution in [0.25, 0.3) is 10.9 Å².